The molecule has 1 aromatic heterocycles. The molecule has 1 aliphatic rings. The zero-order valence-electron chi connectivity index (χ0n) is 17.0. The monoisotopic (exact) mass is 427 g/mol. The van der Waals surface area contributed by atoms with Gasteiger partial charge in [0, 0.05) is 43.4 Å². The predicted molar refractivity (Wildman–Crippen MR) is 114 cm³/mol. The second-order valence-corrected chi connectivity index (χ2v) is 7.96. The maximum Gasteiger partial charge on any atom is 0.224 e. The fourth-order valence-electron chi connectivity index (χ4n) is 3.29. The van der Waals surface area contributed by atoms with E-state index in [1.165, 1.54) is 17.6 Å². The van der Waals surface area contributed by atoms with Crippen molar-refractivity contribution in [2.45, 2.75) is 32.2 Å². The number of methoxy groups -OCH3 is 1. The maximum absolute atomic E-state index is 12.4. The Kier molecular flexibility index (Phi) is 7.69. The molecule has 3 rings (SSSR count). The van der Waals surface area contributed by atoms with Gasteiger partial charge in [-0.05, 0) is 42.0 Å². The number of rotatable bonds is 9. The highest BCUT2D eigenvalue weighted by atomic mass is 32.1. The molecule has 2 heterocycles. The molecule has 8 heteroatoms. The average molecular weight is 428 g/mol. The first-order valence-corrected chi connectivity index (χ1v) is 10.8. The number of nitrogens with zero attached hydrogens (tertiary/aromatic N) is 2. The number of benzene rings is 1. The summed E-state index contributed by atoms with van der Waals surface area (Å²) in [6, 6.07) is 9.08. The fraction of sp³-hybridized carbons (Fsp3) is 0.409. The average Bonchev–Trinajstić information content (AvgIpc) is 3.24. The number of hydrogen-bond acceptors (Lipinski definition) is 6. The van der Waals surface area contributed by atoms with E-state index in [0.717, 1.165) is 13.0 Å². The summed E-state index contributed by atoms with van der Waals surface area (Å²) in [5.74, 6) is 1.00. The van der Waals surface area contributed by atoms with E-state index in [0.29, 0.717) is 56.0 Å². The largest absolute Gasteiger partial charge is 0.493 e. The molecule has 2 amide bonds. The van der Waals surface area contributed by atoms with E-state index in [4.69, 9.17) is 14.7 Å². The van der Waals surface area contributed by atoms with Gasteiger partial charge in [-0.2, -0.15) is 5.26 Å². The Labute approximate surface area is 180 Å². The molecular formula is C22H25N3O4S. The smallest absolute Gasteiger partial charge is 0.224 e. The number of hydrogen-bond donors (Lipinski definition) is 1. The molecule has 7 nitrogen and oxygen atoms in total. The molecule has 158 valence electrons. The van der Waals surface area contributed by atoms with E-state index >= 15 is 0 Å². The minimum atomic E-state index is -0.100. The van der Waals surface area contributed by atoms with Crippen LogP contribution < -0.4 is 14.8 Å². The van der Waals surface area contributed by atoms with Crippen LogP contribution in [0.2, 0.25) is 0 Å². The number of fused-ring (bicyclic) bond motifs is 1. The lowest BCUT2D eigenvalue weighted by Crippen LogP contribution is -2.37. The summed E-state index contributed by atoms with van der Waals surface area (Å²) in [7, 11) is 1.52. The predicted octanol–water partition coefficient (Wildman–Crippen LogP) is 2.88. The highest BCUT2D eigenvalue weighted by molar-refractivity contribution is 7.10. The summed E-state index contributed by atoms with van der Waals surface area (Å²) in [6.45, 7) is 2.11. The number of thiophene rings is 1. The third-order valence-electron chi connectivity index (χ3n) is 4.92. The molecule has 0 unspecified atom stereocenters. The Hall–Kier alpha value is -3.05. The van der Waals surface area contributed by atoms with Crippen molar-refractivity contribution in [2.24, 2.45) is 0 Å². The van der Waals surface area contributed by atoms with Crippen molar-refractivity contribution >= 4 is 23.2 Å². The molecule has 0 spiro atoms. The Bertz CT molecular complexity index is 935. The number of ether oxygens (including phenoxy) is 2. The molecular weight excluding hydrogens is 402 g/mol. The highest BCUT2D eigenvalue weighted by Gasteiger charge is 2.21. The lowest BCUT2D eigenvalue weighted by molar-refractivity contribution is -0.132. The van der Waals surface area contributed by atoms with E-state index in [9.17, 15) is 9.59 Å². The van der Waals surface area contributed by atoms with Gasteiger partial charge in [0.05, 0.1) is 25.3 Å². The van der Waals surface area contributed by atoms with Crippen LogP contribution in [0.4, 0.5) is 0 Å². The summed E-state index contributed by atoms with van der Waals surface area (Å²) in [5.41, 5.74) is 1.73. The number of carbonyl (C=O) groups excluding carboxylic acids is 2. The summed E-state index contributed by atoms with van der Waals surface area (Å²) in [4.78, 5) is 27.6. The zero-order valence-corrected chi connectivity index (χ0v) is 17.8. The van der Waals surface area contributed by atoms with E-state index in [1.54, 1.807) is 29.5 Å². The van der Waals surface area contributed by atoms with Crippen molar-refractivity contribution in [3.8, 4) is 17.6 Å². The molecule has 30 heavy (non-hydrogen) atoms. The van der Waals surface area contributed by atoms with Crippen LogP contribution in [-0.4, -0.2) is 43.5 Å². The van der Waals surface area contributed by atoms with Gasteiger partial charge in [0.25, 0.3) is 0 Å². The van der Waals surface area contributed by atoms with Crippen LogP contribution in [0.1, 0.15) is 35.3 Å². The van der Waals surface area contributed by atoms with Gasteiger partial charge in [-0.3, -0.25) is 9.59 Å². The summed E-state index contributed by atoms with van der Waals surface area (Å²) in [6.07, 6.45) is 2.07. The topological polar surface area (TPSA) is 91.7 Å². The van der Waals surface area contributed by atoms with E-state index < -0.39 is 0 Å². The Morgan fingerprint density at radius 2 is 2.13 bits per heavy atom. The van der Waals surface area contributed by atoms with E-state index in [1.807, 2.05) is 11.0 Å². The highest BCUT2D eigenvalue weighted by Crippen LogP contribution is 2.28. The molecule has 0 radical (unpaired) electrons. The molecule has 0 fully saturated rings. The van der Waals surface area contributed by atoms with Gasteiger partial charge in [0.15, 0.2) is 11.5 Å². The Morgan fingerprint density at radius 3 is 2.93 bits per heavy atom. The molecule has 0 bridgehead atoms. The van der Waals surface area contributed by atoms with Crippen molar-refractivity contribution < 1.29 is 19.1 Å². The molecule has 1 N–H and O–H groups in total. The first-order chi connectivity index (χ1) is 14.6. The summed E-state index contributed by atoms with van der Waals surface area (Å²) < 4.78 is 10.9. The van der Waals surface area contributed by atoms with Gasteiger partial charge in [0.1, 0.15) is 0 Å². The Balaban J connectivity index is 1.31. The van der Waals surface area contributed by atoms with Crippen molar-refractivity contribution in [3.63, 3.8) is 0 Å². The lowest BCUT2D eigenvalue weighted by atomic mass is 10.1. The normalized spacial score (nSPS) is 12.6. The summed E-state index contributed by atoms with van der Waals surface area (Å²) >= 11 is 1.75. The first kappa shape index (κ1) is 21.7. The van der Waals surface area contributed by atoms with Crippen LogP contribution in [0.15, 0.2) is 29.6 Å². The minimum Gasteiger partial charge on any atom is -0.493 e. The standard InChI is InChI=1S/C22H25N3O4S/c1-28-19-13-16(14-23)4-5-18(19)29-11-2-3-21(26)24-9-6-22(27)25-10-7-20-17(15-25)8-12-30-20/h4-5,8,12-13H,2-3,6-7,9-11,15H2,1H3,(H,24,26). The first-order valence-electron chi connectivity index (χ1n) is 9.91. The second-order valence-electron chi connectivity index (χ2n) is 6.96. The lowest BCUT2D eigenvalue weighted by Gasteiger charge is -2.27. The van der Waals surface area contributed by atoms with Crippen LogP contribution in [0.3, 0.4) is 0 Å². The number of carbonyl (C=O) groups is 2. The second kappa shape index (κ2) is 10.6. The maximum atomic E-state index is 12.4. The minimum absolute atomic E-state index is 0.0726. The fourth-order valence-corrected chi connectivity index (χ4v) is 4.18. The van der Waals surface area contributed by atoms with Crippen LogP contribution in [0.25, 0.3) is 0 Å². The van der Waals surface area contributed by atoms with Gasteiger partial charge in [0.2, 0.25) is 11.8 Å². The van der Waals surface area contributed by atoms with Crippen molar-refractivity contribution in [1.82, 2.24) is 10.2 Å². The number of amides is 2. The van der Waals surface area contributed by atoms with E-state index in [2.05, 4.69) is 16.8 Å². The van der Waals surface area contributed by atoms with Crippen LogP contribution in [0.5, 0.6) is 11.5 Å². The van der Waals surface area contributed by atoms with Crippen LogP contribution >= 0.6 is 11.3 Å². The van der Waals surface area contributed by atoms with Gasteiger partial charge in [-0.25, -0.2) is 0 Å². The molecule has 1 aliphatic heterocycles. The van der Waals surface area contributed by atoms with E-state index in [-0.39, 0.29) is 11.8 Å². The molecule has 0 atom stereocenters. The molecule has 0 aliphatic carbocycles. The zero-order chi connectivity index (χ0) is 21.3. The SMILES string of the molecule is COc1cc(C#N)ccc1OCCCC(=O)NCCC(=O)N1CCc2sccc2C1. The Morgan fingerprint density at radius 1 is 1.27 bits per heavy atom. The third kappa shape index (κ3) is 5.74. The number of nitriles is 1. The van der Waals surface area contributed by atoms with Crippen LogP contribution in [-0.2, 0) is 22.6 Å². The molecule has 0 saturated carbocycles. The van der Waals surface area contributed by atoms with Crippen molar-refractivity contribution in [2.75, 3.05) is 26.8 Å². The quantitative estimate of drug-likeness (QED) is 0.622. The van der Waals surface area contributed by atoms with Gasteiger partial charge < -0.3 is 19.7 Å². The van der Waals surface area contributed by atoms with Crippen molar-refractivity contribution in [3.05, 3.63) is 45.6 Å². The third-order valence-corrected chi connectivity index (χ3v) is 5.94. The number of nitrogens with one attached hydrogen (secondary N) is 1. The van der Waals surface area contributed by atoms with Crippen molar-refractivity contribution in [1.29, 1.82) is 5.26 Å². The van der Waals surface area contributed by atoms with Gasteiger partial charge in [-0.15, -0.1) is 11.3 Å². The van der Waals surface area contributed by atoms with Gasteiger partial charge in [-0.1, -0.05) is 0 Å². The van der Waals surface area contributed by atoms with Crippen LogP contribution in [0, 0.1) is 11.3 Å². The molecule has 0 saturated heterocycles. The van der Waals surface area contributed by atoms with Gasteiger partial charge >= 0.3 is 0 Å². The summed E-state index contributed by atoms with van der Waals surface area (Å²) in [5, 5.41) is 13.8. The molecule has 2 aromatic rings. The molecule has 1 aromatic carbocycles.